The zero-order valence-corrected chi connectivity index (χ0v) is 22.7. The van der Waals surface area contributed by atoms with Crippen LogP contribution in [0, 0.1) is 5.41 Å². The summed E-state index contributed by atoms with van der Waals surface area (Å²) in [4.78, 5) is 23.0. The Labute approximate surface area is 239 Å². The molecule has 1 aliphatic carbocycles. The molecule has 0 amide bonds. The van der Waals surface area contributed by atoms with E-state index < -0.39 is 11.9 Å². The van der Waals surface area contributed by atoms with Gasteiger partial charge in [0.05, 0.1) is 11.9 Å². The maximum absolute atomic E-state index is 11.6. The van der Waals surface area contributed by atoms with E-state index in [1.165, 1.54) is 0 Å². The summed E-state index contributed by atoms with van der Waals surface area (Å²) in [5.41, 5.74) is 3.50. The zero-order valence-electron chi connectivity index (χ0n) is 22.7. The van der Waals surface area contributed by atoms with Crippen molar-refractivity contribution < 1.29 is 29.3 Å². The van der Waals surface area contributed by atoms with Crippen LogP contribution in [0.3, 0.4) is 0 Å². The molecule has 1 aliphatic rings. The maximum Gasteiger partial charge on any atom is 0.323 e. The largest absolute Gasteiger partial charge is 0.490 e. The van der Waals surface area contributed by atoms with Crippen LogP contribution in [0.5, 0.6) is 11.5 Å². The summed E-state index contributed by atoms with van der Waals surface area (Å²) in [5, 5.41) is 19.9. The summed E-state index contributed by atoms with van der Waals surface area (Å²) in [6, 6.07) is 23.3. The van der Waals surface area contributed by atoms with Crippen LogP contribution in [0.2, 0.25) is 0 Å². The molecule has 0 aliphatic heterocycles. The van der Waals surface area contributed by atoms with Crippen LogP contribution in [-0.4, -0.2) is 39.9 Å². The Kier molecular flexibility index (Phi) is 8.53. The second-order valence-corrected chi connectivity index (χ2v) is 10.5. The topological polar surface area (TPSA) is 98.0 Å². The van der Waals surface area contributed by atoms with Gasteiger partial charge in [-0.3, -0.25) is 9.59 Å². The highest BCUT2D eigenvalue weighted by molar-refractivity contribution is 5.94. The summed E-state index contributed by atoms with van der Waals surface area (Å²) >= 11 is 0. The molecule has 1 fully saturated rings. The van der Waals surface area contributed by atoms with E-state index in [0.717, 1.165) is 51.9 Å². The Balaban J connectivity index is 1.24. The van der Waals surface area contributed by atoms with Crippen molar-refractivity contribution >= 4 is 35.0 Å². The Morgan fingerprint density at radius 3 is 2.12 bits per heavy atom. The lowest BCUT2D eigenvalue weighted by Crippen LogP contribution is -2.11. The summed E-state index contributed by atoms with van der Waals surface area (Å²) in [6.45, 7) is 0.753. The van der Waals surface area contributed by atoms with Crippen molar-refractivity contribution in [3.8, 4) is 11.5 Å². The molecular weight excluding hydrogens is 518 g/mol. The lowest BCUT2D eigenvalue weighted by Gasteiger charge is -2.11. The second-order valence-electron chi connectivity index (χ2n) is 10.5. The summed E-state index contributed by atoms with van der Waals surface area (Å²) in [5.74, 6) is -0.126. The third-order valence-corrected chi connectivity index (χ3v) is 7.30. The van der Waals surface area contributed by atoms with Crippen LogP contribution < -0.4 is 9.47 Å². The first-order valence-electron chi connectivity index (χ1n) is 13.7. The fraction of sp³-hybridized carbons (Fsp3) is 0.235. The van der Waals surface area contributed by atoms with Gasteiger partial charge in [-0.05, 0) is 77.8 Å². The SMILES string of the molecule is O=C(O)Cn1cc(CC2(CC(=O)O)CC2)c2cccc(/C=C/c3ccc(OC/C=C/COc4ccccc4)cc3)c21. The summed E-state index contributed by atoms with van der Waals surface area (Å²) < 4.78 is 13.2. The van der Waals surface area contributed by atoms with Crippen molar-refractivity contribution in [1.29, 1.82) is 0 Å². The molecule has 0 spiro atoms. The number of para-hydroxylation sites is 2. The fourth-order valence-corrected chi connectivity index (χ4v) is 5.13. The number of fused-ring (bicyclic) bond motifs is 1. The number of carboxylic acid groups (broad SMARTS) is 2. The molecule has 0 bridgehead atoms. The van der Waals surface area contributed by atoms with Crippen molar-refractivity contribution in [1.82, 2.24) is 4.57 Å². The number of benzene rings is 3. The van der Waals surface area contributed by atoms with Crippen molar-refractivity contribution in [2.45, 2.75) is 32.2 Å². The number of ether oxygens (including phenoxy) is 2. The first-order chi connectivity index (χ1) is 19.9. The van der Waals surface area contributed by atoms with Gasteiger partial charge in [-0.1, -0.05) is 60.7 Å². The molecule has 0 saturated heterocycles. The van der Waals surface area contributed by atoms with Crippen molar-refractivity contribution in [2.24, 2.45) is 5.41 Å². The molecule has 3 aromatic carbocycles. The molecule has 5 rings (SSSR count). The highest BCUT2D eigenvalue weighted by Crippen LogP contribution is 2.52. The molecule has 0 unspecified atom stereocenters. The van der Waals surface area contributed by atoms with Gasteiger partial charge in [-0.15, -0.1) is 0 Å². The van der Waals surface area contributed by atoms with E-state index in [-0.39, 0.29) is 18.4 Å². The Bertz CT molecular complexity index is 1560. The number of rotatable bonds is 14. The van der Waals surface area contributed by atoms with E-state index in [4.69, 9.17) is 9.47 Å². The zero-order chi connectivity index (χ0) is 28.7. The molecule has 0 radical (unpaired) electrons. The first kappa shape index (κ1) is 27.8. The number of aromatic nitrogens is 1. The predicted molar refractivity (Wildman–Crippen MR) is 159 cm³/mol. The van der Waals surface area contributed by atoms with Crippen molar-refractivity contribution in [2.75, 3.05) is 13.2 Å². The number of carboxylic acids is 2. The van der Waals surface area contributed by atoms with E-state index in [9.17, 15) is 19.8 Å². The standard InChI is InChI=1S/C34H33NO6/c36-31(37)22-34(17-18-34)21-27-23-35(24-32(38)39)33-26(7-6-10-30(27)33)14-11-25-12-15-29(16-13-25)41-20-5-4-19-40-28-8-2-1-3-9-28/h1-16,23H,17-22,24H2,(H,36,37)(H,38,39)/b5-4+,14-11+. The van der Waals surface area contributed by atoms with E-state index in [1.807, 2.05) is 103 Å². The van der Waals surface area contributed by atoms with Gasteiger partial charge in [0, 0.05) is 11.6 Å². The van der Waals surface area contributed by atoms with Crippen molar-refractivity contribution in [3.05, 3.63) is 108 Å². The first-order valence-corrected chi connectivity index (χ1v) is 13.7. The van der Waals surface area contributed by atoms with Crippen LogP contribution in [0.25, 0.3) is 23.1 Å². The lowest BCUT2D eigenvalue weighted by molar-refractivity contribution is -0.139. The second kappa shape index (κ2) is 12.6. The number of aliphatic carboxylic acids is 2. The Morgan fingerprint density at radius 2 is 1.49 bits per heavy atom. The lowest BCUT2D eigenvalue weighted by atomic mass is 9.92. The third kappa shape index (κ3) is 7.45. The molecular formula is C34H33NO6. The maximum atomic E-state index is 11.6. The summed E-state index contributed by atoms with van der Waals surface area (Å²) in [6.07, 6.45) is 12.2. The van der Waals surface area contributed by atoms with Crippen LogP contribution in [0.4, 0.5) is 0 Å². The molecule has 1 aromatic heterocycles. The Morgan fingerprint density at radius 1 is 0.805 bits per heavy atom. The van der Waals surface area contributed by atoms with Crippen LogP contribution in [-0.2, 0) is 22.6 Å². The normalized spacial score (nSPS) is 14.0. The molecule has 210 valence electrons. The molecule has 7 nitrogen and oxygen atoms in total. The van der Waals surface area contributed by atoms with Gasteiger partial charge >= 0.3 is 11.9 Å². The molecule has 1 heterocycles. The van der Waals surface area contributed by atoms with Gasteiger partial charge in [-0.2, -0.15) is 0 Å². The molecule has 7 heteroatoms. The van der Waals surface area contributed by atoms with E-state index in [1.54, 1.807) is 4.57 Å². The van der Waals surface area contributed by atoms with Gasteiger partial charge in [0.1, 0.15) is 31.3 Å². The molecule has 1 saturated carbocycles. The smallest absolute Gasteiger partial charge is 0.323 e. The van der Waals surface area contributed by atoms with Gasteiger partial charge in [0.15, 0.2) is 0 Å². The minimum absolute atomic E-state index is 0.136. The number of nitrogens with zero attached hydrogens (tertiary/aromatic N) is 1. The number of carbonyl (C=O) groups is 2. The average Bonchev–Trinajstić information content (AvgIpc) is 3.62. The fourth-order valence-electron chi connectivity index (χ4n) is 5.13. The minimum Gasteiger partial charge on any atom is -0.490 e. The molecule has 0 atom stereocenters. The highest BCUT2D eigenvalue weighted by Gasteiger charge is 2.44. The minimum atomic E-state index is -0.923. The summed E-state index contributed by atoms with van der Waals surface area (Å²) in [7, 11) is 0. The number of hydrogen-bond donors (Lipinski definition) is 2. The van der Waals surface area contributed by atoms with E-state index in [2.05, 4.69) is 0 Å². The van der Waals surface area contributed by atoms with Gasteiger partial charge in [-0.25, -0.2) is 0 Å². The van der Waals surface area contributed by atoms with E-state index >= 15 is 0 Å². The van der Waals surface area contributed by atoms with Gasteiger partial charge in [0.2, 0.25) is 0 Å². The van der Waals surface area contributed by atoms with Crippen LogP contribution in [0.15, 0.2) is 91.1 Å². The monoisotopic (exact) mass is 551 g/mol. The van der Waals surface area contributed by atoms with Gasteiger partial charge in [0.25, 0.3) is 0 Å². The Hall–Kier alpha value is -4.78. The predicted octanol–water partition coefficient (Wildman–Crippen LogP) is 6.71. The molecule has 41 heavy (non-hydrogen) atoms. The van der Waals surface area contributed by atoms with E-state index in [0.29, 0.717) is 19.6 Å². The molecule has 2 N–H and O–H groups in total. The van der Waals surface area contributed by atoms with Crippen LogP contribution >= 0.6 is 0 Å². The van der Waals surface area contributed by atoms with Crippen LogP contribution in [0.1, 0.15) is 36.0 Å². The van der Waals surface area contributed by atoms with Gasteiger partial charge < -0.3 is 24.3 Å². The van der Waals surface area contributed by atoms with Crippen molar-refractivity contribution in [3.63, 3.8) is 0 Å². The highest BCUT2D eigenvalue weighted by atomic mass is 16.5. The number of hydrogen-bond acceptors (Lipinski definition) is 4. The third-order valence-electron chi connectivity index (χ3n) is 7.30. The average molecular weight is 552 g/mol. The quantitative estimate of drug-likeness (QED) is 0.134. The molecule has 4 aromatic rings.